The lowest BCUT2D eigenvalue weighted by Crippen LogP contribution is -2.11. The molecule has 1 amide bonds. The highest BCUT2D eigenvalue weighted by molar-refractivity contribution is 7.07. The van der Waals surface area contributed by atoms with Crippen LogP contribution in [-0.2, 0) is 6.61 Å². The van der Waals surface area contributed by atoms with Crippen LogP contribution in [0, 0.1) is 0 Å². The van der Waals surface area contributed by atoms with Crippen LogP contribution in [0.25, 0.3) is 0 Å². The fourth-order valence-corrected chi connectivity index (χ4v) is 2.62. The van der Waals surface area contributed by atoms with E-state index in [0.717, 1.165) is 5.69 Å². The molecule has 3 rings (SSSR count). The molecule has 1 aromatic heterocycles. The summed E-state index contributed by atoms with van der Waals surface area (Å²) in [6.45, 7) is 0.416. The number of ether oxygens (including phenoxy) is 2. The van der Waals surface area contributed by atoms with E-state index >= 15 is 0 Å². The van der Waals surface area contributed by atoms with Gasteiger partial charge in [-0.3, -0.25) is 4.79 Å². The smallest absolute Gasteiger partial charge is 0.255 e. The van der Waals surface area contributed by atoms with Crippen molar-refractivity contribution in [3.05, 3.63) is 70.7 Å². The largest absolute Gasteiger partial charge is 0.497 e. The van der Waals surface area contributed by atoms with Crippen LogP contribution in [0.1, 0.15) is 16.1 Å². The lowest BCUT2D eigenvalue weighted by atomic mass is 10.2. The Labute approximate surface area is 143 Å². The Morgan fingerprint density at radius 2 is 2.00 bits per heavy atom. The van der Waals surface area contributed by atoms with Crippen LogP contribution in [0.15, 0.2) is 59.4 Å². The lowest BCUT2D eigenvalue weighted by molar-refractivity contribution is 0.102. The molecule has 0 saturated heterocycles. The summed E-state index contributed by atoms with van der Waals surface area (Å²) in [4.78, 5) is 16.4. The minimum Gasteiger partial charge on any atom is -0.497 e. The van der Waals surface area contributed by atoms with Crippen molar-refractivity contribution in [2.75, 3.05) is 12.4 Å². The van der Waals surface area contributed by atoms with Crippen LogP contribution in [0.5, 0.6) is 11.5 Å². The number of thiazole rings is 1. The number of nitrogens with zero attached hydrogens (tertiary/aromatic N) is 1. The summed E-state index contributed by atoms with van der Waals surface area (Å²) in [7, 11) is 1.59. The molecule has 5 nitrogen and oxygen atoms in total. The monoisotopic (exact) mass is 340 g/mol. The fourth-order valence-electron chi connectivity index (χ4n) is 2.07. The minimum atomic E-state index is -0.186. The SMILES string of the molecule is COc1cccc(NC(=O)c2ccc(OCc3cscn3)cc2)c1. The van der Waals surface area contributed by atoms with Gasteiger partial charge in [0.1, 0.15) is 18.1 Å². The van der Waals surface area contributed by atoms with Crippen LogP contribution in [0.3, 0.4) is 0 Å². The predicted molar refractivity (Wildman–Crippen MR) is 93.8 cm³/mol. The molecule has 0 atom stereocenters. The molecule has 0 aliphatic carbocycles. The zero-order chi connectivity index (χ0) is 16.8. The number of benzene rings is 2. The van der Waals surface area contributed by atoms with Crippen molar-refractivity contribution in [2.24, 2.45) is 0 Å². The average molecular weight is 340 g/mol. The van der Waals surface area contributed by atoms with E-state index in [-0.39, 0.29) is 5.91 Å². The Kier molecular flexibility index (Phi) is 5.08. The highest BCUT2D eigenvalue weighted by Gasteiger charge is 2.07. The Morgan fingerprint density at radius 1 is 1.17 bits per heavy atom. The van der Waals surface area contributed by atoms with Gasteiger partial charge in [0.25, 0.3) is 5.91 Å². The summed E-state index contributed by atoms with van der Waals surface area (Å²) < 4.78 is 10.8. The third kappa shape index (κ3) is 4.11. The first-order chi connectivity index (χ1) is 11.7. The van der Waals surface area contributed by atoms with E-state index < -0.39 is 0 Å². The second kappa shape index (κ2) is 7.61. The third-order valence-electron chi connectivity index (χ3n) is 3.31. The Morgan fingerprint density at radius 3 is 2.71 bits per heavy atom. The van der Waals surface area contributed by atoms with Gasteiger partial charge in [0, 0.05) is 22.7 Å². The normalized spacial score (nSPS) is 10.2. The van der Waals surface area contributed by atoms with Gasteiger partial charge >= 0.3 is 0 Å². The van der Waals surface area contributed by atoms with Crippen LogP contribution in [-0.4, -0.2) is 18.0 Å². The molecule has 2 aromatic carbocycles. The maximum Gasteiger partial charge on any atom is 0.255 e. The summed E-state index contributed by atoms with van der Waals surface area (Å²) in [5, 5.41) is 4.78. The molecule has 0 unspecified atom stereocenters. The first-order valence-electron chi connectivity index (χ1n) is 7.30. The van der Waals surface area contributed by atoms with Gasteiger partial charge in [-0.15, -0.1) is 11.3 Å². The predicted octanol–water partition coefficient (Wildman–Crippen LogP) is 3.98. The summed E-state index contributed by atoms with van der Waals surface area (Å²) in [6.07, 6.45) is 0. The number of amides is 1. The van der Waals surface area contributed by atoms with Gasteiger partial charge in [-0.05, 0) is 36.4 Å². The Balaban J connectivity index is 1.60. The van der Waals surface area contributed by atoms with Crippen LogP contribution in [0.4, 0.5) is 5.69 Å². The van der Waals surface area contributed by atoms with Crippen molar-refractivity contribution in [2.45, 2.75) is 6.61 Å². The van der Waals surface area contributed by atoms with E-state index in [0.29, 0.717) is 29.4 Å². The van der Waals surface area contributed by atoms with Crippen molar-refractivity contribution in [1.82, 2.24) is 4.98 Å². The van der Waals surface area contributed by atoms with Crippen molar-refractivity contribution in [3.63, 3.8) is 0 Å². The van der Waals surface area contributed by atoms with Crippen molar-refractivity contribution in [3.8, 4) is 11.5 Å². The van der Waals surface area contributed by atoms with Crippen molar-refractivity contribution in [1.29, 1.82) is 0 Å². The number of nitrogens with one attached hydrogen (secondary N) is 1. The van der Waals surface area contributed by atoms with Gasteiger partial charge in [0.15, 0.2) is 0 Å². The van der Waals surface area contributed by atoms with Crippen molar-refractivity contribution >= 4 is 22.9 Å². The number of hydrogen-bond donors (Lipinski definition) is 1. The molecule has 0 aliphatic heterocycles. The molecule has 122 valence electrons. The minimum absolute atomic E-state index is 0.186. The number of hydrogen-bond acceptors (Lipinski definition) is 5. The standard InChI is InChI=1S/C18H16N2O3S/c1-22-17-4-2-3-14(9-17)20-18(21)13-5-7-16(8-6-13)23-10-15-11-24-12-19-15/h2-9,11-12H,10H2,1H3,(H,20,21). The average Bonchev–Trinajstić information content (AvgIpc) is 3.14. The number of carbonyl (C=O) groups is 1. The Bertz CT molecular complexity index is 801. The quantitative estimate of drug-likeness (QED) is 0.737. The molecular weight excluding hydrogens is 324 g/mol. The number of carbonyl (C=O) groups excluding carboxylic acids is 1. The number of methoxy groups -OCH3 is 1. The first-order valence-corrected chi connectivity index (χ1v) is 8.24. The summed E-state index contributed by atoms with van der Waals surface area (Å²) in [6, 6.07) is 14.2. The number of rotatable bonds is 6. The van der Waals surface area contributed by atoms with E-state index in [1.165, 1.54) is 11.3 Å². The van der Waals surface area contributed by atoms with Crippen LogP contribution in [0.2, 0.25) is 0 Å². The lowest BCUT2D eigenvalue weighted by Gasteiger charge is -2.08. The van der Waals surface area contributed by atoms with Gasteiger partial charge in [0.05, 0.1) is 18.3 Å². The Hall–Kier alpha value is -2.86. The molecule has 0 fully saturated rings. The molecule has 0 spiro atoms. The van der Waals surface area contributed by atoms with Gasteiger partial charge in [-0.25, -0.2) is 4.98 Å². The van der Waals surface area contributed by atoms with Crippen LogP contribution >= 0.6 is 11.3 Å². The highest BCUT2D eigenvalue weighted by atomic mass is 32.1. The zero-order valence-corrected chi connectivity index (χ0v) is 13.9. The molecule has 24 heavy (non-hydrogen) atoms. The van der Waals surface area contributed by atoms with Gasteiger partial charge in [-0.2, -0.15) is 0 Å². The molecule has 1 N–H and O–H groups in total. The maximum absolute atomic E-state index is 12.3. The molecular formula is C18H16N2O3S. The van der Waals surface area contributed by atoms with Gasteiger partial charge < -0.3 is 14.8 Å². The molecule has 0 radical (unpaired) electrons. The first kappa shape index (κ1) is 16.0. The molecule has 0 saturated carbocycles. The number of anilines is 1. The van der Waals surface area contributed by atoms with Crippen LogP contribution < -0.4 is 14.8 Å². The molecule has 0 bridgehead atoms. The van der Waals surface area contributed by atoms with E-state index in [1.807, 2.05) is 23.6 Å². The van der Waals surface area contributed by atoms with Crippen molar-refractivity contribution < 1.29 is 14.3 Å². The van der Waals surface area contributed by atoms with Gasteiger partial charge in [0.2, 0.25) is 0 Å². The second-order valence-corrected chi connectivity index (χ2v) is 5.70. The summed E-state index contributed by atoms with van der Waals surface area (Å²) >= 11 is 1.53. The van der Waals surface area contributed by atoms with E-state index in [4.69, 9.17) is 9.47 Å². The summed E-state index contributed by atoms with van der Waals surface area (Å²) in [5.74, 6) is 1.20. The highest BCUT2D eigenvalue weighted by Crippen LogP contribution is 2.19. The van der Waals surface area contributed by atoms with Gasteiger partial charge in [-0.1, -0.05) is 6.07 Å². The molecule has 6 heteroatoms. The molecule has 3 aromatic rings. The maximum atomic E-state index is 12.3. The third-order valence-corrected chi connectivity index (χ3v) is 3.95. The second-order valence-electron chi connectivity index (χ2n) is 4.98. The zero-order valence-electron chi connectivity index (χ0n) is 13.1. The fraction of sp³-hybridized carbons (Fsp3) is 0.111. The van der Waals surface area contributed by atoms with E-state index in [2.05, 4.69) is 10.3 Å². The summed E-state index contributed by atoms with van der Waals surface area (Å²) in [5.41, 5.74) is 3.90. The molecule has 1 heterocycles. The number of aromatic nitrogens is 1. The topological polar surface area (TPSA) is 60.5 Å². The van der Waals surface area contributed by atoms with E-state index in [1.54, 1.807) is 43.0 Å². The van der Waals surface area contributed by atoms with E-state index in [9.17, 15) is 4.79 Å². The molecule has 0 aliphatic rings.